The second-order valence-corrected chi connectivity index (χ2v) is 5.96. The number of esters is 1. The molecule has 1 fully saturated rings. The van der Waals surface area contributed by atoms with Crippen molar-refractivity contribution in [2.75, 3.05) is 7.11 Å². The molecule has 0 aliphatic heterocycles. The normalized spacial score (nSPS) is 15.6. The summed E-state index contributed by atoms with van der Waals surface area (Å²) in [6.45, 7) is 2.16. The maximum atomic E-state index is 11.7. The van der Waals surface area contributed by atoms with E-state index >= 15 is 0 Å². The van der Waals surface area contributed by atoms with E-state index in [1.807, 2.05) is 12.1 Å². The van der Waals surface area contributed by atoms with Crippen molar-refractivity contribution >= 4 is 17.0 Å². The van der Waals surface area contributed by atoms with Gasteiger partial charge in [0.05, 0.1) is 19.7 Å². The average Bonchev–Trinajstić information content (AvgIpc) is 2.78. The van der Waals surface area contributed by atoms with Crippen molar-refractivity contribution in [3.05, 3.63) is 29.6 Å². The van der Waals surface area contributed by atoms with Crippen molar-refractivity contribution in [1.29, 1.82) is 0 Å². The summed E-state index contributed by atoms with van der Waals surface area (Å²) in [5.41, 5.74) is 2.93. The summed E-state index contributed by atoms with van der Waals surface area (Å²) in [7, 11) is 3.49. The molecule has 0 atom stereocenters. The highest BCUT2D eigenvalue weighted by Crippen LogP contribution is 2.27. The Balaban J connectivity index is 0.00000176. The van der Waals surface area contributed by atoms with Gasteiger partial charge in [-0.05, 0) is 37.8 Å². The van der Waals surface area contributed by atoms with Crippen LogP contribution < -0.4 is 28.5 Å². The number of carbonyl (C=O) groups is 1. The number of halogens is 1. The SMILES string of the molecule is COC(=O)c1ccc2c(c1)n(C)c(C)[n+]2C1CCCCC1.[I-]. The molecule has 3 rings (SSSR count). The van der Waals surface area contributed by atoms with Gasteiger partial charge in [-0.1, -0.05) is 6.42 Å². The van der Waals surface area contributed by atoms with Crippen molar-refractivity contribution in [1.82, 2.24) is 4.57 Å². The van der Waals surface area contributed by atoms with Gasteiger partial charge >= 0.3 is 5.97 Å². The van der Waals surface area contributed by atoms with Gasteiger partial charge in [0, 0.05) is 13.0 Å². The number of nitrogens with zero attached hydrogens (tertiary/aromatic N) is 2. The molecule has 0 spiro atoms. The number of ether oxygens (including phenoxy) is 1. The summed E-state index contributed by atoms with van der Waals surface area (Å²) < 4.78 is 9.45. The van der Waals surface area contributed by atoms with Crippen LogP contribution in [0.4, 0.5) is 0 Å². The van der Waals surface area contributed by atoms with Gasteiger partial charge in [-0.2, -0.15) is 0 Å². The first-order chi connectivity index (χ1) is 10.1. The van der Waals surface area contributed by atoms with Crippen molar-refractivity contribution in [2.45, 2.75) is 45.1 Å². The monoisotopic (exact) mass is 414 g/mol. The average molecular weight is 414 g/mol. The zero-order valence-electron chi connectivity index (χ0n) is 13.4. The van der Waals surface area contributed by atoms with E-state index in [2.05, 4.69) is 29.2 Å². The largest absolute Gasteiger partial charge is 1.00 e. The molecule has 0 radical (unpaired) electrons. The zero-order chi connectivity index (χ0) is 15.0. The van der Waals surface area contributed by atoms with Crippen LogP contribution >= 0.6 is 0 Å². The van der Waals surface area contributed by atoms with E-state index in [0.29, 0.717) is 11.6 Å². The highest BCUT2D eigenvalue weighted by Gasteiger charge is 2.28. The van der Waals surface area contributed by atoms with Gasteiger partial charge in [-0.15, -0.1) is 0 Å². The number of hydrogen-bond acceptors (Lipinski definition) is 2. The van der Waals surface area contributed by atoms with Crippen LogP contribution in [0.15, 0.2) is 18.2 Å². The van der Waals surface area contributed by atoms with E-state index in [9.17, 15) is 4.79 Å². The first-order valence-electron chi connectivity index (χ1n) is 7.72. The topological polar surface area (TPSA) is 35.1 Å². The summed E-state index contributed by atoms with van der Waals surface area (Å²) in [6, 6.07) is 6.45. The minimum atomic E-state index is -0.278. The first-order valence-corrected chi connectivity index (χ1v) is 7.72. The Morgan fingerprint density at radius 3 is 2.59 bits per heavy atom. The lowest BCUT2D eigenvalue weighted by molar-refractivity contribution is -0.707. The fourth-order valence-corrected chi connectivity index (χ4v) is 3.55. The van der Waals surface area contributed by atoms with Crippen molar-refractivity contribution in [3.8, 4) is 0 Å². The van der Waals surface area contributed by atoms with Gasteiger partial charge < -0.3 is 28.7 Å². The lowest BCUT2D eigenvalue weighted by Gasteiger charge is -2.20. The predicted octanol–water partition coefficient (Wildman–Crippen LogP) is 0.0700. The van der Waals surface area contributed by atoms with Gasteiger partial charge in [0.25, 0.3) is 5.82 Å². The second-order valence-electron chi connectivity index (χ2n) is 5.96. The van der Waals surface area contributed by atoms with Crippen LogP contribution in [0.3, 0.4) is 0 Å². The van der Waals surface area contributed by atoms with Crippen LogP contribution in [0.2, 0.25) is 0 Å². The van der Waals surface area contributed by atoms with Crippen LogP contribution in [0.25, 0.3) is 11.0 Å². The Labute approximate surface area is 148 Å². The third kappa shape index (κ3) is 2.87. The number of hydrogen-bond donors (Lipinski definition) is 0. The maximum absolute atomic E-state index is 11.7. The smallest absolute Gasteiger partial charge is 0.338 e. The summed E-state index contributed by atoms with van der Waals surface area (Å²) in [4.78, 5) is 11.7. The molecule has 1 aliphatic rings. The molecule has 120 valence electrons. The molecule has 2 aromatic rings. The van der Waals surface area contributed by atoms with E-state index in [1.54, 1.807) is 0 Å². The lowest BCUT2D eigenvalue weighted by atomic mass is 9.95. The Morgan fingerprint density at radius 1 is 1.27 bits per heavy atom. The molecule has 0 amide bonds. The highest BCUT2D eigenvalue weighted by molar-refractivity contribution is 5.93. The number of aromatic nitrogens is 2. The van der Waals surface area contributed by atoms with Crippen LogP contribution in [0.5, 0.6) is 0 Å². The summed E-state index contributed by atoms with van der Waals surface area (Å²) in [6.07, 6.45) is 6.49. The Kier molecular flexibility index (Phi) is 5.47. The zero-order valence-corrected chi connectivity index (χ0v) is 15.6. The van der Waals surface area contributed by atoms with Crippen molar-refractivity contribution < 1.29 is 38.1 Å². The molecule has 1 heterocycles. The van der Waals surface area contributed by atoms with Crippen molar-refractivity contribution in [3.63, 3.8) is 0 Å². The number of fused-ring (bicyclic) bond motifs is 1. The quantitative estimate of drug-likeness (QED) is 0.396. The van der Waals surface area contributed by atoms with Crippen LogP contribution in [-0.4, -0.2) is 17.6 Å². The van der Waals surface area contributed by atoms with Gasteiger partial charge in [-0.3, -0.25) is 0 Å². The fourth-order valence-electron chi connectivity index (χ4n) is 3.55. The number of imidazole rings is 1. The van der Waals surface area contributed by atoms with Crippen LogP contribution in [0.1, 0.15) is 54.3 Å². The summed E-state index contributed by atoms with van der Waals surface area (Å²) in [5, 5.41) is 0. The molecule has 5 heteroatoms. The van der Waals surface area contributed by atoms with Gasteiger partial charge in [0.15, 0.2) is 11.0 Å². The minimum absolute atomic E-state index is 0. The molecule has 0 unspecified atom stereocenters. The number of carbonyl (C=O) groups excluding carboxylic acids is 1. The maximum Gasteiger partial charge on any atom is 0.338 e. The van der Waals surface area contributed by atoms with E-state index in [-0.39, 0.29) is 29.9 Å². The standard InChI is InChI=1S/C17H23N2O2.HI/c1-12-18(2)16-11-13(17(20)21-3)9-10-15(16)19(12)14-7-5-4-6-8-14;/h9-11,14H,4-8H2,1-3H3;1H/q+1;/p-1. The molecule has 1 saturated carbocycles. The van der Waals surface area contributed by atoms with Gasteiger partial charge in [0.1, 0.15) is 6.04 Å². The van der Waals surface area contributed by atoms with E-state index in [1.165, 1.54) is 50.6 Å². The number of aryl methyl sites for hydroxylation is 1. The van der Waals surface area contributed by atoms with Gasteiger partial charge in [0.2, 0.25) is 0 Å². The molecule has 22 heavy (non-hydrogen) atoms. The molecule has 0 bridgehead atoms. The third-order valence-corrected chi connectivity index (χ3v) is 4.79. The Bertz CT molecular complexity index is 688. The molecule has 0 N–H and O–H groups in total. The predicted molar refractivity (Wildman–Crippen MR) is 81.3 cm³/mol. The fraction of sp³-hybridized carbons (Fsp3) is 0.529. The molecule has 0 saturated heterocycles. The number of benzene rings is 1. The summed E-state index contributed by atoms with van der Waals surface area (Å²) in [5.74, 6) is 0.971. The Hall–Kier alpha value is -1.11. The van der Waals surface area contributed by atoms with Crippen LogP contribution in [0, 0.1) is 6.92 Å². The molecule has 1 aliphatic carbocycles. The number of methoxy groups -OCH3 is 1. The highest BCUT2D eigenvalue weighted by atomic mass is 127. The van der Waals surface area contributed by atoms with Crippen molar-refractivity contribution in [2.24, 2.45) is 7.05 Å². The number of rotatable bonds is 2. The van der Waals surface area contributed by atoms with Gasteiger partial charge in [-0.25, -0.2) is 13.9 Å². The van der Waals surface area contributed by atoms with E-state index in [4.69, 9.17) is 4.74 Å². The van der Waals surface area contributed by atoms with Crippen LogP contribution in [-0.2, 0) is 11.8 Å². The molecular formula is C17H23IN2O2. The first kappa shape index (κ1) is 17.2. The molecule has 4 nitrogen and oxygen atoms in total. The second kappa shape index (κ2) is 6.98. The minimum Gasteiger partial charge on any atom is -1.00 e. The molecule has 1 aromatic carbocycles. The molecule has 1 aromatic heterocycles. The van der Waals surface area contributed by atoms with E-state index in [0.717, 1.165) is 5.52 Å². The van der Waals surface area contributed by atoms with E-state index < -0.39 is 0 Å². The summed E-state index contributed by atoms with van der Waals surface area (Å²) >= 11 is 0. The lowest BCUT2D eigenvalue weighted by Crippen LogP contribution is -3.00. The Morgan fingerprint density at radius 2 is 1.95 bits per heavy atom. The molecular weight excluding hydrogens is 391 g/mol. The third-order valence-electron chi connectivity index (χ3n) is 4.79.